The van der Waals surface area contributed by atoms with Gasteiger partial charge in [-0.05, 0) is 42.7 Å². The number of aryl methyl sites for hydroxylation is 1. The fourth-order valence-electron chi connectivity index (χ4n) is 3.28. The van der Waals surface area contributed by atoms with Gasteiger partial charge >= 0.3 is 0 Å². The smallest absolute Gasteiger partial charge is 0.122 e. The third-order valence-electron chi connectivity index (χ3n) is 4.67. The lowest BCUT2D eigenvalue weighted by Crippen LogP contribution is -2.39. The first-order valence-corrected chi connectivity index (χ1v) is 9.04. The number of ether oxygens (including phenoxy) is 2. The van der Waals surface area contributed by atoms with Crippen LogP contribution in [0.1, 0.15) is 17.5 Å². The van der Waals surface area contributed by atoms with Gasteiger partial charge in [-0.15, -0.1) is 0 Å². The van der Waals surface area contributed by atoms with E-state index < -0.39 is 5.60 Å². The predicted octanol–water partition coefficient (Wildman–Crippen LogP) is 2.38. The molecule has 1 saturated heterocycles. The molecule has 1 aliphatic rings. The molecule has 1 aliphatic heterocycles. The molecule has 3 rings (SSSR count). The number of β-amino-alcohol motifs (C(OH)–C–C–N with tert-alkyl or cyclic N) is 1. The summed E-state index contributed by atoms with van der Waals surface area (Å²) in [5.74, 6) is 1.59. The Morgan fingerprint density at radius 3 is 2.77 bits per heavy atom. The predicted molar refractivity (Wildman–Crippen MR) is 101 cm³/mol. The Balaban J connectivity index is 1.54. The average molecular weight is 357 g/mol. The maximum Gasteiger partial charge on any atom is 0.122 e. The summed E-state index contributed by atoms with van der Waals surface area (Å²) in [4.78, 5) is 2.23. The fourth-order valence-corrected chi connectivity index (χ4v) is 3.28. The molecule has 5 nitrogen and oxygen atoms in total. The van der Waals surface area contributed by atoms with Crippen molar-refractivity contribution in [3.05, 3.63) is 59.7 Å². The molecule has 2 aromatic rings. The van der Waals surface area contributed by atoms with E-state index in [9.17, 15) is 5.11 Å². The third-order valence-corrected chi connectivity index (χ3v) is 4.67. The highest BCUT2D eigenvalue weighted by atomic mass is 16.5. The molecule has 2 N–H and O–H groups in total. The van der Waals surface area contributed by atoms with E-state index in [-0.39, 0.29) is 6.61 Å². The molecule has 140 valence electrons. The number of aliphatic hydroxyl groups is 2. The number of hydrogen-bond donors (Lipinski definition) is 2. The van der Waals surface area contributed by atoms with Gasteiger partial charge in [0.05, 0.1) is 6.61 Å². The number of aliphatic hydroxyl groups excluding tert-OH is 1. The van der Waals surface area contributed by atoms with Crippen molar-refractivity contribution in [1.29, 1.82) is 0 Å². The third kappa shape index (κ3) is 4.97. The Morgan fingerprint density at radius 2 is 1.96 bits per heavy atom. The first kappa shape index (κ1) is 18.7. The van der Waals surface area contributed by atoms with E-state index in [4.69, 9.17) is 14.6 Å². The fraction of sp³-hybridized carbons (Fsp3) is 0.429. The van der Waals surface area contributed by atoms with Crippen LogP contribution >= 0.6 is 0 Å². The molecule has 2 aromatic carbocycles. The number of nitrogens with zero attached hydrogens (tertiary/aromatic N) is 1. The molecule has 0 aromatic heterocycles. The van der Waals surface area contributed by atoms with E-state index in [0.717, 1.165) is 35.7 Å². The van der Waals surface area contributed by atoms with Crippen molar-refractivity contribution < 1.29 is 19.7 Å². The minimum absolute atomic E-state index is 0.00424. The van der Waals surface area contributed by atoms with Gasteiger partial charge in [0.1, 0.15) is 30.3 Å². The number of para-hydroxylation sites is 1. The maximum atomic E-state index is 10.8. The topological polar surface area (TPSA) is 62.2 Å². The summed E-state index contributed by atoms with van der Waals surface area (Å²) in [7, 11) is 0. The molecule has 26 heavy (non-hydrogen) atoms. The molecule has 5 heteroatoms. The average Bonchev–Trinajstić information content (AvgIpc) is 3.01. The zero-order chi connectivity index (χ0) is 18.4. The first-order chi connectivity index (χ1) is 12.6. The van der Waals surface area contributed by atoms with Crippen LogP contribution in [0, 0.1) is 6.92 Å². The minimum Gasteiger partial charge on any atom is -0.491 e. The van der Waals surface area contributed by atoms with Crippen molar-refractivity contribution in [3.63, 3.8) is 0 Å². The Bertz CT molecular complexity index is 721. The van der Waals surface area contributed by atoms with Crippen LogP contribution in [0.5, 0.6) is 11.5 Å². The summed E-state index contributed by atoms with van der Waals surface area (Å²) in [5, 5.41) is 19.7. The van der Waals surface area contributed by atoms with Gasteiger partial charge in [-0.1, -0.05) is 30.3 Å². The molecular weight excluding hydrogens is 330 g/mol. The molecule has 0 bridgehead atoms. The summed E-state index contributed by atoms with van der Waals surface area (Å²) >= 11 is 0. The second-order valence-corrected chi connectivity index (χ2v) is 6.96. The summed E-state index contributed by atoms with van der Waals surface area (Å²) < 4.78 is 11.3. The lowest BCUT2D eigenvalue weighted by atomic mass is 10.1. The van der Waals surface area contributed by atoms with Crippen LogP contribution < -0.4 is 9.47 Å². The standard InChI is InChI=1S/C21H27NO4/c1-17-5-2-3-8-20(17)26-16-21(24)9-10-22(15-21)14-18-6-4-7-19(13-18)25-12-11-23/h2-8,13,23-24H,9-12,14-16H2,1H3/t21-/m0/s1. The quantitative estimate of drug-likeness (QED) is 0.760. The molecule has 0 radical (unpaired) electrons. The van der Waals surface area contributed by atoms with Crippen LogP contribution in [0.3, 0.4) is 0 Å². The van der Waals surface area contributed by atoms with Gasteiger partial charge in [0, 0.05) is 19.6 Å². The first-order valence-electron chi connectivity index (χ1n) is 9.04. The van der Waals surface area contributed by atoms with E-state index in [1.165, 1.54) is 0 Å². The SMILES string of the molecule is Cc1ccccc1OC[C@]1(O)CCN(Cc2cccc(OCCO)c2)C1. The lowest BCUT2D eigenvalue weighted by Gasteiger charge is -2.24. The summed E-state index contributed by atoms with van der Waals surface area (Å²) in [5.41, 5.74) is 1.38. The second-order valence-electron chi connectivity index (χ2n) is 6.96. The van der Waals surface area contributed by atoms with Gasteiger partial charge in [-0.3, -0.25) is 4.90 Å². The Kier molecular flexibility index (Phi) is 6.14. The molecule has 1 fully saturated rings. The van der Waals surface area contributed by atoms with Gasteiger partial charge in [0.2, 0.25) is 0 Å². The highest BCUT2D eigenvalue weighted by Crippen LogP contribution is 2.26. The molecule has 0 saturated carbocycles. The Labute approximate surface area is 154 Å². The van der Waals surface area contributed by atoms with Crippen molar-refractivity contribution in [2.24, 2.45) is 0 Å². The molecule has 0 spiro atoms. The summed E-state index contributed by atoms with van der Waals surface area (Å²) in [6.07, 6.45) is 0.694. The summed E-state index contributed by atoms with van der Waals surface area (Å²) in [6, 6.07) is 15.7. The molecule has 1 atom stereocenters. The van der Waals surface area contributed by atoms with Crippen molar-refractivity contribution in [1.82, 2.24) is 4.90 Å². The van der Waals surface area contributed by atoms with E-state index in [0.29, 0.717) is 26.2 Å². The second kappa shape index (κ2) is 8.54. The summed E-state index contributed by atoms with van der Waals surface area (Å²) in [6.45, 7) is 4.77. The zero-order valence-corrected chi connectivity index (χ0v) is 15.2. The van der Waals surface area contributed by atoms with Crippen molar-refractivity contribution in [2.45, 2.75) is 25.5 Å². The Morgan fingerprint density at radius 1 is 1.12 bits per heavy atom. The van der Waals surface area contributed by atoms with Crippen LogP contribution in [0.4, 0.5) is 0 Å². The largest absolute Gasteiger partial charge is 0.491 e. The maximum absolute atomic E-state index is 10.8. The van der Waals surface area contributed by atoms with Gasteiger partial charge in [-0.2, -0.15) is 0 Å². The molecule has 1 heterocycles. The lowest BCUT2D eigenvalue weighted by molar-refractivity contribution is 0.00320. The van der Waals surface area contributed by atoms with Crippen molar-refractivity contribution in [2.75, 3.05) is 32.9 Å². The molecule has 0 unspecified atom stereocenters. The molecule has 0 aliphatic carbocycles. The number of rotatable bonds is 8. The van der Waals surface area contributed by atoms with Crippen LogP contribution in [0.25, 0.3) is 0 Å². The highest BCUT2D eigenvalue weighted by Gasteiger charge is 2.36. The number of likely N-dealkylation sites (tertiary alicyclic amines) is 1. The monoisotopic (exact) mass is 357 g/mol. The van der Waals surface area contributed by atoms with Crippen molar-refractivity contribution >= 4 is 0 Å². The zero-order valence-electron chi connectivity index (χ0n) is 15.2. The molecule has 0 amide bonds. The number of hydrogen-bond acceptors (Lipinski definition) is 5. The Hall–Kier alpha value is -2.08. The van der Waals surface area contributed by atoms with E-state index in [1.54, 1.807) is 0 Å². The van der Waals surface area contributed by atoms with Crippen LogP contribution in [-0.4, -0.2) is 53.6 Å². The van der Waals surface area contributed by atoms with E-state index in [1.807, 2.05) is 55.5 Å². The van der Waals surface area contributed by atoms with Gasteiger partial charge in [-0.25, -0.2) is 0 Å². The van der Waals surface area contributed by atoms with Gasteiger partial charge < -0.3 is 19.7 Å². The van der Waals surface area contributed by atoms with Gasteiger partial charge in [0.15, 0.2) is 0 Å². The highest BCUT2D eigenvalue weighted by molar-refractivity contribution is 5.32. The van der Waals surface area contributed by atoms with Crippen LogP contribution in [-0.2, 0) is 6.54 Å². The van der Waals surface area contributed by atoms with E-state index >= 15 is 0 Å². The molecular formula is C21H27NO4. The minimum atomic E-state index is -0.826. The van der Waals surface area contributed by atoms with Gasteiger partial charge in [0.25, 0.3) is 0 Å². The normalized spacial score (nSPS) is 20.3. The van der Waals surface area contributed by atoms with Crippen molar-refractivity contribution in [3.8, 4) is 11.5 Å². The van der Waals surface area contributed by atoms with E-state index in [2.05, 4.69) is 4.90 Å². The number of benzene rings is 2. The van der Waals surface area contributed by atoms with Crippen LogP contribution in [0.2, 0.25) is 0 Å². The van der Waals surface area contributed by atoms with Crippen LogP contribution in [0.15, 0.2) is 48.5 Å².